The first-order valence-electron chi connectivity index (χ1n) is 23.7. The maximum atomic E-state index is 7.29. The van der Waals surface area contributed by atoms with Crippen LogP contribution in [0.15, 0.2) is 261 Å². The van der Waals surface area contributed by atoms with E-state index < -0.39 is 16.1 Å². The Morgan fingerprint density at radius 2 is 0.870 bits per heavy atom. The fraction of sp³-hybridized carbons (Fsp3) is 0. The van der Waals surface area contributed by atoms with Crippen LogP contribution in [0, 0.1) is 0 Å². The Bertz CT molecular complexity index is 3870. The van der Waals surface area contributed by atoms with Gasteiger partial charge in [-0.1, -0.05) is 218 Å². The molecule has 14 rings (SSSR count). The van der Waals surface area contributed by atoms with Crippen LogP contribution in [0.2, 0.25) is 0 Å². The highest BCUT2D eigenvalue weighted by Gasteiger charge is 2.59. The van der Waals surface area contributed by atoms with Crippen LogP contribution in [0.3, 0.4) is 0 Å². The zero-order chi connectivity index (χ0) is 45.5. The number of fused-ring (bicyclic) bond motifs is 12. The molecule has 69 heavy (non-hydrogen) atoms. The lowest BCUT2D eigenvalue weighted by Crippen LogP contribution is -2.93. The van der Waals surface area contributed by atoms with Gasteiger partial charge in [-0.2, -0.15) is 0 Å². The first-order chi connectivity index (χ1) is 34.2. The van der Waals surface area contributed by atoms with Gasteiger partial charge in [0.25, 0.3) is 0 Å². The van der Waals surface area contributed by atoms with E-state index in [0.717, 1.165) is 28.6 Å². The second-order valence-electron chi connectivity index (χ2n) is 18.3. The number of benzene rings is 11. The molecule has 1 aromatic heterocycles. The van der Waals surface area contributed by atoms with Gasteiger partial charge >= 0.3 is 0 Å². The molecule has 0 fully saturated rings. The Morgan fingerprint density at radius 1 is 0.348 bits per heavy atom. The second kappa shape index (κ2) is 15.8. The molecule has 2 aliphatic rings. The van der Waals surface area contributed by atoms with E-state index >= 15 is 0 Å². The summed E-state index contributed by atoms with van der Waals surface area (Å²) in [7, 11) is -5.91. The first-order valence-corrected chi connectivity index (χ1v) is 28.6. The first kappa shape index (κ1) is 40.0. The van der Waals surface area contributed by atoms with Crippen molar-refractivity contribution in [2.24, 2.45) is 0 Å². The van der Waals surface area contributed by atoms with Crippen LogP contribution >= 0.6 is 11.3 Å². The van der Waals surface area contributed by atoms with Crippen molar-refractivity contribution in [2.75, 3.05) is 4.90 Å². The summed E-state index contributed by atoms with van der Waals surface area (Å²) in [6.07, 6.45) is 0. The molecule has 2 aliphatic heterocycles. The topological polar surface area (TPSA) is 12.5 Å². The standard InChI is InChI=1S/C64H43NOSSi2/c1-3-21-48(22-4-1)68(49-23-5-2-6-24-49)60-33-13-15-35-62(60)69(63-36-16-14-34-61(63)68)58-32-12-10-30-55(58)66-56-43-47(41-42-59(56)69)65(54-29-18-28-53-52-26-9-11-31-57(52)67-64(53)54)46-39-37-45(38-40-46)51-27-17-20-44-19-7-8-25-50(44)51/h1-43H. The van der Waals surface area contributed by atoms with Gasteiger partial charge in [-0.05, 0) is 99.8 Å². The smallest absolute Gasteiger partial charge is 0.188 e. The summed E-state index contributed by atoms with van der Waals surface area (Å²) >= 11 is 1.86. The summed E-state index contributed by atoms with van der Waals surface area (Å²) < 4.78 is 9.83. The summed E-state index contributed by atoms with van der Waals surface area (Å²) in [6.45, 7) is 0. The van der Waals surface area contributed by atoms with Gasteiger partial charge in [0.2, 0.25) is 0 Å². The van der Waals surface area contributed by atoms with E-state index in [0.29, 0.717) is 0 Å². The molecule has 11 aromatic carbocycles. The van der Waals surface area contributed by atoms with Gasteiger partial charge in [-0.3, -0.25) is 0 Å². The Balaban J connectivity index is 1.02. The lowest BCUT2D eigenvalue weighted by molar-refractivity contribution is 0.487. The molecule has 1 spiro atoms. The van der Waals surface area contributed by atoms with Gasteiger partial charge < -0.3 is 9.64 Å². The number of para-hydroxylation sites is 1. The predicted molar refractivity (Wildman–Crippen MR) is 298 cm³/mol. The lowest BCUT2D eigenvalue weighted by atomic mass is 9.98. The van der Waals surface area contributed by atoms with Crippen LogP contribution in [0.25, 0.3) is 42.1 Å². The molecule has 0 saturated carbocycles. The highest BCUT2D eigenvalue weighted by atomic mass is 32.1. The fourth-order valence-corrected chi connectivity index (χ4v) is 25.5. The van der Waals surface area contributed by atoms with Crippen LogP contribution in [0.1, 0.15) is 0 Å². The third-order valence-electron chi connectivity index (χ3n) is 14.9. The van der Waals surface area contributed by atoms with Crippen LogP contribution in [-0.2, 0) is 0 Å². The number of ether oxygens (including phenoxy) is 1. The number of anilines is 3. The van der Waals surface area contributed by atoms with Crippen molar-refractivity contribution in [1.82, 2.24) is 0 Å². The number of thiophene rings is 1. The summed E-state index contributed by atoms with van der Waals surface area (Å²) in [5.74, 6) is 1.85. The van der Waals surface area contributed by atoms with E-state index in [1.807, 2.05) is 11.3 Å². The van der Waals surface area contributed by atoms with E-state index in [1.54, 1.807) is 0 Å². The largest absolute Gasteiger partial charge is 0.457 e. The van der Waals surface area contributed by atoms with Crippen LogP contribution in [0.4, 0.5) is 17.1 Å². The van der Waals surface area contributed by atoms with Crippen molar-refractivity contribution in [1.29, 1.82) is 0 Å². The molecule has 3 heterocycles. The van der Waals surface area contributed by atoms with Crippen molar-refractivity contribution in [3.63, 3.8) is 0 Å². The zero-order valence-corrected chi connectivity index (χ0v) is 40.4. The zero-order valence-electron chi connectivity index (χ0n) is 37.6. The second-order valence-corrected chi connectivity index (χ2v) is 26.7. The minimum absolute atomic E-state index is 0.914. The fourth-order valence-electron chi connectivity index (χ4n) is 12.1. The SMILES string of the molecule is c1ccc([Si]2(c3ccccc3)c3ccccc3[Si]3(c4ccccc4Oc4cc(N(c5ccc(-c6cccc7ccccc67)cc5)c5cccc6c5sc5ccccc56)ccc43)c3ccccc32)cc1. The van der Waals surface area contributed by atoms with Crippen molar-refractivity contribution in [3.05, 3.63) is 261 Å². The van der Waals surface area contributed by atoms with E-state index in [2.05, 4.69) is 266 Å². The van der Waals surface area contributed by atoms with Gasteiger partial charge in [0.05, 0.1) is 10.4 Å². The molecular formula is C64H43NOSSi2. The van der Waals surface area contributed by atoms with Crippen molar-refractivity contribution in [3.8, 4) is 22.6 Å². The Kier molecular flexibility index (Phi) is 9.14. The van der Waals surface area contributed by atoms with Crippen molar-refractivity contribution >= 4 is 117 Å². The Morgan fingerprint density at radius 3 is 1.58 bits per heavy atom. The average molecular weight is 930 g/mol. The number of nitrogens with zero attached hydrogens (tertiary/aromatic N) is 1. The molecule has 0 bridgehead atoms. The van der Waals surface area contributed by atoms with Gasteiger partial charge in [0.15, 0.2) is 16.1 Å². The molecule has 0 aliphatic carbocycles. The molecule has 0 N–H and O–H groups in total. The average Bonchev–Trinajstić information content (AvgIpc) is 3.81. The van der Waals surface area contributed by atoms with Crippen molar-refractivity contribution in [2.45, 2.75) is 0 Å². The minimum Gasteiger partial charge on any atom is -0.457 e. The third-order valence-corrected chi connectivity index (χ3v) is 26.4. The van der Waals surface area contributed by atoms with E-state index in [-0.39, 0.29) is 0 Å². The minimum atomic E-state index is -3.06. The number of hydrogen-bond acceptors (Lipinski definition) is 3. The van der Waals surface area contributed by atoms with E-state index in [4.69, 9.17) is 4.74 Å². The summed E-state index contributed by atoms with van der Waals surface area (Å²) in [6, 6.07) is 97.7. The monoisotopic (exact) mass is 929 g/mol. The highest BCUT2D eigenvalue weighted by Crippen LogP contribution is 2.46. The normalized spacial score (nSPS) is 13.9. The van der Waals surface area contributed by atoms with E-state index in [1.165, 1.54) is 83.6 Å². The predicted octanol–water partition coefficient (Wildman–Crippen LogP) is 11.5. The molecule has 5 heteroatoms. The van der Waals surface area contributed by atoms with Crippen LogP contribution < -0.4 is 51.1 Å². The molecule has 0 atom stereocenters. The molecule has 0 amide bonds. The molecular weight excluding hydrogens is 887 g/mol. The van der Waals surface area contributed by atoms with Gasteiger partial charge in [-0.25, -0.2) is 0 Å². The van der Waals surface area contributed by atoms with Crippen LogP contribution in [-0.4, -0.2) is 16.1 Å². The quantitative estimate of drug-likeness (QED) is 0.154. The summed E-state index contributed by atoms with van der Waals surface area (Å²) in [5.41, 5.74) is 5.70. The molecule has 0 saturated heterocycles. The number of hydrogen-bond donors (Lipinski definition) is 0. The Labute approximate surface area is 407 Å². The van der Waals surface area contributed by atoms with Gasteiger partial charge in [0, 0.05) is 32.9 Å². The van der Waals surface area contributed by atoms with Crippen LogP contribution in [0.5, 0.6) is 11.5 Å². The van der Waals surface area contributed by atoms with Gasteiger partial charge in [-0.15, -0.1) is 11.3 Å². The molecule has 324 valence electrons. The van der Waals surface area contributed by atoms with Gasteiger partial charge in [0.1, 0.15) is 11.5 Å². The maximum absolute atomic E-state index is 7.29. The molecule has 0 unspecified atom stereocenters. The summed E-state index contributed by atoms with van der Waals surface area (Å²) in [5, 5.41) is 16.2. The molecule has 12 aromatic rings. The number of rotatable bonds is 6. The van der Waals surface area contributed by atoms with Crippen molar-refractivity contribution < 1.29 is 4.74 Å². The lowest BCUT2D eigenvalue weighted by Gasteiger charge is -2.50. The third kappa shape index (κ3) is 5.82. The van der Waals surface area contributed by atoms with E-state index in [9.17, 15) is 0 Å². The Hall–Kier alpha value is -8.07. The maximum Gasteiger partial charge on any atom is 0.188 e. The molecule has 0 radical (unpaired) electrons. The highest BCUT2D eigenvalue weighted by molar-refractivity contribution is 7.33. The summed E-state index contributed by atoms with van der Waals surface area (Å²) in [4.78, 5) is 2.45. The molecule has 2 nitrogen and oxygen atoms in total.